The van der Waals surface area contributed by atoms with Crippen molar-refractivity contribution in [3.05, 3.63) is 60.6 Å². The summed E-state index contributed by atoms with van der Waals surface area (Å²) in [5, 5.41) is 4.38. The smallest absolute Gasteiger partial charge is 0.343 e. The number of para-hydroxylation sites is 1. The summed E-state index contributed by atoms with van der Waals surface area (Å²) in [6.45, 7) is 0.407. The molecule has 0 aliphatic heterocycles. The maximum Gasteiger partial charge on any atom is 0.343 e. The second-order valence-corrected chi connectivity index (χ2v) is 5.85. The highest BCUT2D eigenvalue weighted by Gasteiger charge is 2.15. The molecule has 8 heteroatoms. The lowest BCUT2D eigenvalue weighted by Crippen LogP contribution is -2.13. The number of benzene rings is 1. The summed E-state index contributed by atoms with van der Waals surface area (Å²) in [6, 6.07) is 11.3. The van der Waals surface area contributed by atoms with Gasteiger partial charge in [0.1, 0.15) is 17.1 Å². The van der Waals surface area contributed by atoms with Gasteiger partial charge in [-0.25, -0.2) is 14.5 Å². The summed E-state index contributed by atoms with van der Waals surface area (Å²) in [4.78, 5) is 23.4. The van der Waals surface area contributed by atoms with Crippen molar-refractivity contribution < 1.29 is 14.3 Å². The molecule has 27 heavy (non-hydrogen) atoms. The third kappa shape index (κ3) is 3.50. The minimum atomic E-state index is -0.443. The first kappa shape index (κ1) is 16.8. The quantitative estimate of drug-likeness (QED) is 0.529. The number of H-pyrrole nitrogens is 1. The van der Waals surface area contributed by atoms with Crippen LogP contribution in [0.3, 0.4) is 0 Å². The Morgan fingerprint density at radius 2 is 2.07 bits per heavy atom. The number of nitrogens with one attached hydrogen (secondary N) is 1. The number of aromatic amines is 1. The van der Waals surface area contributed by atoms with Crippen LogP contribution in [0.15, 0.2) is 55.0 Å². The zero-order valence-corrected chi connectivity index (χ0v) is 14.6. The summed E-state index contributed by atoms with van der Waals surface area (Å²) >= 11 is 0. The van der Waals surface area contributed by atoms with E-state index in [2.05, 4.69) is 24.8 Å². The van der Waals surface area contributed by atoms with Crippen molar-refractivity contribution in [2.75, 3.05) is 13.7 Å². The highest BCUT2D eigenvalue weighted by molar-refractivity contribution is 5.78. The molecule has 0 atom stereocenters. The van der Waals surface area contributed by atoms with Crippen LogP contribution in [0.5, 0.6) is 5.75 Å². The van der Waals surface area contributed by atoms with E-state index in [4.69, 9.17) is 4.74 Å². The molecule has 0 saturated heterocycles. The summed E-state index contributed by atoms with van der Waals surface area (Å²) in [5.74, 6) is 0.746. The molecule has 0 unspecified atom stereocenters. The Labute approximate surface area is 154 Å². The number of methoxy groups -OCH3 is 1. The number of aromatic nitrogens is 5. The minimum absolute atomic E-state index is 0.164. The SMILES string of the molecule is COC(=O)COc1ccccc1-c1nc2c(cnn2Cc2cccnc2)[nH]1. The second-order valence-electron chi connectivity index (χ2n) is 5.85. The number of imidazole rings is 1. The first-order valence-corrected chi connectivity index (χ1v) is 8.34. The Morgan fingerprint density at radius 3 is 2.89 bits per heavy atom. The molecule has 0 fully saturated rings. The Hall–Kier alpha value is -3.68. The number of nitrogens with zero attached hydrogens (tertiary/aromatic N) is 4. The monoisotopic (exact) mass is 363 g/mol. The van der Waals surface area contributed by atoms with Crippen molar-refractivity contribution in [3.8, 4) is 17.1 Å². The summed E-state index contributed by atoms with van der Waals surface area (Å²) < 4.78 is 12.0. The number of carbonyl (C=O) groups is 1. The second kappa shape index (κ2) is 7.28. The van der Waals surface area contributed by atoms with Crippen LogP contribution in [0, 0.1) is 0 Å². The minimum Gasteiger partial charge on any atom is -0.481 e. The molecule has 0 spiro atoms. The average molecular weight is 363 g/mol. The lowest BCUT2D eigenvalue weighted by atomic mass is 10.2. The molecule has 0 amide bonds. The first-order chi connectivity index (χ1) is 13.2. The van der Waals surface area contributed by atoms with Gasteiger partial charge < -0.3 is 14.5 Å². The van der Waals surface area contributed by atoms with E-state index < -0.39 is 5.97 Å². The van der Waals surface area contributed by atoms with Crippen LogP contribution < -0.4 is 4.74 Å². The lowest BCUT2D eigenvalue weighted by Gasteiger charge is -2.08. The van der Waals surface area contributed by atoms with Crippen molar-refractivity contribution in [1.82, 2.24) is 24.7 Å². The van der Waals surface area contributed by atoms with Gasteiger partial charge in [0, 0.05) is 12.4 Å². The van der Waals surface area contributed by atoms with Crippen LogP contribution in [0.1, 0.15) is 5.56 Å². The average Bonchev–Trinajstić information content (AvgIpc) is 3.29. The van der Waals surface area contributed by atoms with Gasteiger partial charge in [-0.3, -0.25) is 4.98 Å². The molecule has 0 saturated carbocycles. The third-order valence-corrected chi connectivity index (χ3v) is 4.05. The predicted octanol–water partition coefficient (Wildman–Crippen LogP) is 2.42. The van der Waals surface area contributed by atoms with Gasteiger partial charge in [0.2, 0.25) is 0 Å². The number of hydrogen-bond donors (Lipinski definition) is 1. The lowest BCUT2D eigenvalue weighted by molar-refractivity contribution is -0.142. The molecule has 0 bridgehead atoms. The van der Waals surface area contributed by atoms with Gasteiger partial charge in [-0.15, -0.1) is 0 Å². The van der Waals surface area contributed by atoms with E-state index in [1.54, 1.807) is 24.7 Å². The summed E-state index contributed by atoms with van der Waals surface area (Å²) in [5.41, 5.74) is 3.34. The molecule has 3 heterocycles. The van der Waals surface area contributed by atoms with Crippen molar-refractivity contribution in [1.29, 1.82) is 0 Å². The molecule has 1 aromatic carbocycles. The van der Waals surface area contributed by atoms with Crippen LogP contribution in [0.4, 0.5) is 0 Å². The number of esters is 1. The highest BCUT2D eigenvalue weighted by Crippen LogP contribution is 2.29. The van der Waals surface area contributed by atoms with Gasteiger partial charge in [-0.1, -0.05) is 18.2 Å². The van der Waals surface area contributed by atoms with Crippen LogP contribution in [-0.2, 0) is 16.1 Å². The van der Waals surface area contributed by atoms with Crippen molar-refractivity contribution >= 4 is 17.1 Å². The molecule has 4 rings (SSSR count). The maximum atomic E-state index is 11.4. The van der Waals surface area contributed by atoms with Gasteiger partial charge in [0.05, 0.1) is 25.4 Å². The van der Waals surface area contributed by atoms with Gasteiger partial charge in [0.25, 0.3) is 0 Å². The first-order valence-electron chi connectivity index (χ1n) is 8.34. The van der Waals surface area contributed by atoms with Crippen molar-refractivity contribution in [2.45, 2.75) is 6.54 Å². The number of ether oxygens (including phenoxy) is 2. The van der Waals surface area contributed by atoms with Crippen LogP contribution in [0.2, 0.25) is 0 Å². The normalized spacial score (nSPS) is 10.9. The number of hydrogen-bond acceptors (Lipinski definition) is 6. The van der Waals surface area contributed by atoms with E-state index in [1.165, 1.54) is 7.11 Å². The topological polar surface area (TPSA) is 94.9 Å². The van der Waals surface area contributed by atoms with E-state index in [0.29, 0.717) is 18.1 Å². The molecule has 0 radical (unpaired) electrons. The third-order valence-electron chi connectivity index (χ3n) is 4.05. The van der Waals surface area contributed by atoms with E-state index in [9.17, 15) is 4.79 Å². The number of carbonyl (C=O) groups excluding carboxylic acids is 1. The van der Waals surface area contributed by atoms with E-state index in [-0.39, 0.29) is 6.61 Å². The van der Waals surface area contributed by atoms with E-state index in [0.717, 1.165) is 22.3 Å². The zero-order chi connectivity index (χ0) is 18.6. The van der Waals surface area contributed by atoms with E-state index in [1.807, 2.05) is 35.0 Å². The number of rotatable bonds is 6. The molecular formula is C19H17N5O3. The number of pyridine rings is 1. The predicted molar refractivity (Wildman–Crippen MR) is 98.2 cm³/mol. The Bertz CT molecular complexity index is 1070. The van der Waals surface area contributed by atoms with E-state index >= 15 is 0 Å². The van der Waals surface area contributed by atoms with Gasteiger partial charge in [0.15, 0.2) is 12.3 Å². The Morgan fingerprint density at radius 1 is 1.19 bits per heavy atom. The molecule has 8 nitrogen and oxygen atoms in total. The van der Waals surface area contributed by atoms with Gasteiger partial charge in [-0.05, 0) is 23.8 Å². The standard InChI is InChI=1S/C19H17N5O3/c1-26-17(25)12-27-16-7-3-2-6-14(16)18-22-15-10-21-24(19(15)23-18)11-13-5-4-8-20-9-13/h2-10H,11-12H2,1H3,(H,22,23). The molecule has 3 aromatic heterocycles. The largest absolute Gasteiger partial charge is 0.481 e. The fourth-order valence-corrected chi connectivity index (χ4v) is 2.74. The van der Waals surface area contributed by atoms with Gasteiger partial charge >= 0.3 is 5.97 Å². The summed E-state index contributed by atoms with van der Waals surface area (Å²) in [7, 11) is 1.32. The fraction of sp³-hybridized carbons (Fsp3) is 0.158. The highest BCUT2D eigenvalue weighted by atomic mass is 16.6. The zero-order valence-electron chi connectivity index (χ0n) is 14.6. The Kier molecular flexibility index (Phi) is 4.52. The van der Waals surface area contributed by atoms with Gasteiger partial charge in [-0.2, -0.15) is 5.10 Å². The van der Waals surface area contributed by atoms with Crippen LogP contribution in [-0.4, -0.2) is 44.4 Å². The maximum absolute atomic E-state index is 11.4. The molecular weight excluding hydrogens is 346 g/mol. The molecule has 0 aliphatic rings. The molecule has 0 aliphatic carbocycles. The fourth-order valence-electron chi connectivity index (χ4n) is 2.74. The molecule has 1 N–H and O–H groups in total. The molecule has 4 aromatic rings. The van der Waals surface area contributed by atoms with Crippen molar-refractivity contribution in [3.63, 3.8) is 0 Å². The summed E-state index contributed by atoms with van der Waals surface area (Å²) in [6.07, 6.45) is 5.28. The number of fused-ring (bicyclic) bond motifs is 1. The van der Waals surface area contributed by atoms with Crippen LogP contribution >= 0.6 is 0 Å². The van der Waals surface area contributed by atoms with Crippen molar-refractivity contribution in [2.24, 2.45) is 0 Å². The van der Waals surface area contributed by atoms with Crippen LogP contribution in [0.25, 0.3) is 22.6 Å². The molecule has 136 valence electrons. The Balaban J connectivity index is 1.64.